The number of halogens is 8. The van der Waals surface area contributed by atoms with Crippen molar-refractivity contribution in [3.63, 3.8) is 0 Å². The van der Waals surface area contributed by atoms with Crippen molar-refractivity contribution in [1.82, 2.24) is 4.90 Å². The van der Waals surface area contributed by atoms with Crippen molar-refractivity contribution >= 4 is 0 Å². The van der Waals surface area contributed by atoms with Crippen molar-refractivity contribution < 1.29 is 35.1 Å². The largest absolute Gasteiger partial charge is 0.453 e. The number of allylic oxidation sites excluding steroid dienone is 1. The molecule has 9 heteroatoms. The van der Waals surface area contributed by atoms with Gasteiger partial charge in [-0.1, -0.05) is 0 Å². The molecule has 0 aromatic carbocycles. The molecular formula is C10H13F8N. The second kappa shape index (κ2) is 5.96. The molecule has 0 aliphatic heterocycles. The predicted octanol–water partition coefficient (Wildman–Crippen LogP) is 4.36. The van der Waals surface area contributed by atoms with Crippen LogP contribution in [0.5, 0.6) is 0 Å². The molecule has 0 atom stereocenters. The van der Waals surface area contributed by atoms with Crippen LogP contribution in [0.4, 0.5) is 35.1 Å². The number of alkyl halides is 8. The van der Waals surface area contributed by atoms with E-state index < -0.39 is 30.3 Å². The lowest BCUT2D eigenvalue weighted by Crippen LogP contribution is -2.38. The van der Waals surface area contributed by atoms with Crippen LogP contribution in [0.1, 0.15) is 20.3 Å². The fraction of sp³-hybridized carbons (Fsp3) is 0.800. The molecule has 0 aromatic rings. The van der Waals surface area contributed by atoms with E-state index >= 15 is 0 Å². The minimum Gasteiger partial charge on any atom is -0.378 e. The first-order chi connectivity index (χ1) is 8.35. The summed E-state index contributed by atoms with van der Waals surface area (Å²) in [6.45, 7) is 3.03. The van der Waals surface area contributed by atoms with Crippen LogP contribution in [0, 0.1) is 0 Å². The van der Waals surface area contributed by atoms with Gasteiger partial charge >= 0.3 is 18.3 Å². The molecule has 0 aliphatic rings. The van der Waals surface area contributed by atoms with Crippen LogP contribution in [-0.2, 0) is 0 Å². The Bertz CT molecular complexity index is 310. The van der Waals surface area contributed by atoms with E-state index in [0.29, 0.717) is 6.20 Å². The van der Waals surface area contributed by atoms with Crippen LogP contribution in [0.3, 0.4) is 0 Å². The van der Waals surface area contributed by atoms with E-state index in [1.807, 2.05) is 0 Å². The van der Waals surface area contributed by atoms with Crippen LogP contribution >= 0.6 is 0 Å². The second-order valence-corrected chi connectivity index (χ2v) is 3.75. The second-order valence-electron chi connectivity index (χ2n) is 3.75. The average molecular weight is 299 g/mol. The Morgan fingerprint density at radius 1 is 0.895 bits per heavy atom. The number of rotatable bonds is 5. The Morgan fingerprint density at radius 2 is 1.32 bits per heavy atom. The third-order valence-electron chi connectivity index (χ3n) is 2.34. The van der Waals surface area contributed by atoms with Crippen molar-refractivity contribution in [2.45, 2.75) is 38.5 Å². The van der Waals surface area contributed by atoms with Crippen molar-refractivity contribution in [3.05, 3.63) is 11.8 Å². The third kappa shape index (κ3) is 5.23. The summed E-state index contributed by atoms with van der Waals surface area (Å²) in [6, 6.07) is 0. The molecule has 0 radical (unpaired) electrons. The molecule has 0 amide bonds. The molecule has 0 spiro atoms. The van der Waals surface area contributed by atoms with Crippen LogP contribution in [0.15, 0.2) is 11.8 Å². The predicted molar refractivity (Wildman–Crippen MR) is 52.7 cm³/mol. The standard InChI is InChI=1S/C10H13F8N/c1-3-19(4-2)6-7(9(13,14)15)5-8(11,12)10(16,17)18/h6H,3-5H2,1-2H3/b7-6+. The van der Waals surface area contributed by atoms with Gasteiger partial charge < -0.3 is 4.90 Å². The van der Waals surface area contributed by atoms with Crippen LogP contribution < -0.4 is 0 Å². The maximum Gasteiger partial charge on any atom is 0.453 e. The van der Waals surface area contributed by atoms with Crippen LogP contribution in [-0.4, -0.2) is 36.3 Å². The molecule has 0 aromatic heterocycles. The molecule has 0 fully saturated rings. The van der Waals surface area contributed by atoms with Gasteiger partial charge in [-0.3, -0.25) is 0 Å². The third-order valence-corrected chi connectivity index (χ3v) is 2.34. The summed E-state index contributed by atoms with van der Waals surface area (Å²) in [4.78, 5) is 0.995. The highest BCUT2D eigenvalue weighted by Gasteiger charge is 2.59. The van der Waals surface area contributed by atoms with Crippen molar-refractivity contribution in [2.24, 2.45) is 0 Å². The molecule has 114 valence electrons. The van der Waals surface area contributed by atoms with E-state index in [1.54, 1.807) is 0 Å². The van der Waals surface area contributed by atoms with E-state index in [9.17, 15) is 35.1 Å². The van der Waals surface area contributed by atoms with Crippen LogP contribution in [0.2, 0.25) is 0 Å². The monoisotopic (exact) mass is 299 g/mol. The molecule has 1 nitrogen and oxygen atoms in total. The Hall–Kier alpha value is -1.02. The van der Waals surface area contributed by atoms with E-state index in [-0.39, 0.29) is 13.1 Å². The summed E-state index contributed by atoms with van der Waals surface area (Å²) < 4.78 is 98.6. The van der Waals surface area contributed by atoms with Gasteiger partial charge in [0.1, 0.15) is 0 Å². The Labute approximate surface area is 104 Å². The average Bonchev–Trinajstić information content (AvgIpc) is 2.20. The van der Waals surface area contributed by atoms with E-state index in [2.05, 4.69) is 0 Å². The first-order valence-corrected chi connectivity index (χ1v) is 5.31. The number of hydrogen-bond acceptors (Lipinski definition) is 1. The van der Waals surface area contributed by atoms with Crippen molar-refractivity contribution in [3.8, 4) is 0 Å². The number of hydrogen-bond donors (Lipinski definition) is 0. The molecule has 0 N–H and O–H groups in total. The minimum absolute atomic E-state index is 0.0632. The highest BCUT2D eigenvalue weighted by molar-refractivity contribution is 5.12. The van der Waals surface area contributed by atoms with Gasteiger partial charge in [0.05, 0.1) is 12.0 Å². The summed E-state index contributed by atoms with van der Waals surface area (Å²) in [6.07, 6.45) is -13.4. The summed E-state index contributed by atoms with van der Waals surface area (Å²) >= 11 is 0. The topological polar surface area (TPSA) is 3.24 Å². The van der Waals surface area contributed by atoms with E-state index in [1.165, 1.54) is 13.8 Å². The molecule has 0 bridgehead atoms. The molecular weight excluding hydrogens is 286 g/mol. The Balaban J connectivity index is 5.33. The number of nitrogens with zero attached hydrogens (tertiary/aromatic N) is 1. The Kier molecular flexibility index (Phi) is 5.64. The zero-order valence-corrected chi connectivity index (χ0v) is 10.2. The molecule has 0 saturated carbocycles. The van der Waals surface area contributed by atoms with Gasteiger partial charge in [0.2, 0.25) is 0 Å². The lowest BCUT2D eigenvalue weighted by Gasteiger charge is -2.24. The molecule has 0 unspecified atom stereocenters. The first kappa shape index (κ1) is 18.0. The van der Waals surface area contributed by atoms with Gasteiger partial charge in [0, 0.05) is 19.3 Å². The minimum atomic E-state index is -6.01. The normalized spacial score (nSPS) is 14.7. The lowest BCUT2D eigenvalue weighted by molar-refractivity contribution is -0.284. The van der Waals surface area contributed by atoms with Crippen molar-refractivity contribution in [1.29, 1.82) is 0 Å². The fourth-order valence-electron chi connectivity index (χ4n) is 1.19. The van der Waals surface area contributed by atoms with Crippen molar-refractivity contribution in [2.75, 3.05) is 13.1 Å². The maximum atomic E-state index is 12.7. The summed E-state index contributed by atoms with van der Waals surface area (Å²) in [5.41, 5.74) is -1.90. The summed E-state index contributed by atoms with van der Waals surface area (Å²) in [5, 5.41) is 0. The van der Waals surface area contributed by atoms with Gasteiger partial charge in [-0.15, -0.1) is 0 Å². The molecule has 0 saturated heterocycles. The lowest BCUT2D eigenvalue weighted by atomic mass is 10.1. The van der Waals surface area contributed by atoms with Gasteiger partial charge in [-0.25, -0.2) is 0 Å². The molecule has 0 heterocycles. The van der Waals surface area contributed by atoms with Gasteiger partial charge in [0.25, 0.3) is 0 Å². The van der Waals surface area contributed by atoms with Gasteiger partial charge in [-0.2, -0.15) is 35.1 Å². The highest BCUT2D eigenvalue weighted by Crippen LogP contribution is 2.43. The zero-order valence-electron chi connectivity index (χ0n) is 10.2. The smallest absolute Gasteiger partial charge is 0.378 e. The summed E-state index contributed by atoms with van der Waals surface area (Å²) in [7, 11) is 0. The summed E-state index contributed by atoms with van der Waals surface area (Å²) in [5.74, 6) is -5.42. The van der Waals surface area contributed by atoms with Gasteiger partial charge in [0.15, 0.2) is 0 Å². The van der Waals surface area contributed by atoms with Gasteiger partial charge in [-0.05, 0) is 13.8 Å². The molecule has 19 heavy (non-hydrogen) atoms. The fourth-order valence-corrected chi connectivity index (χ4v) is 1.19. The first-order valence-electron chi connectivity index (χ1n) is 5.31. The maximum absolute atomic E-state index is 12.7. The SMILES string of the molecule is CCN(/C=C(\CC(F)(F)C(F)(F)F)C(F)(F)F)CC. The highest BCUT2D eigenvalue weighted by atomic mass is 19.4. The van der Waals surface area contributed by atoms with E-state index in [4.69, 9.17) is 0 Å². The zero-order chi connectivity index (χ0) is 15.5. The van der Waals surface area contributed by atoms with Crippen LogP contribution in [0.25, 0.3) is 0 Å². The quantitative estimate of drug-likeness (QED) is 0.682. The Morgan fingerprint density at radius 3 is 1.58 bits per heavy atom. The molecule has 0 aliphatic carbocycles. The van der Waals surface area contributed by atoms with E-state index in [0.717, 1.165) is 4.90 Å². The molecule has 0 rings (SSSR count).